The molecule has 0 aliphatic carbocycles. The maximum absolute atomic E-state index is 13.1. The molecule has 1 aromatic heterocycles. The number of piperazine rings is 1. The Bertz CT molecular complexity index is 893. The lowest BCUT2D eigenvalue weighted by atomic mass is 10.1. The molecule has 1 atom stereocenters. The SMILES string of the molecule is Cc1cccc(C)c1N1C(=O)C[C@H](N2CCN(C(=O)c3ccco3)CC2)C1=O. The summed E-state index contributed by atoms with van der Waals surface area (Å²) in [6, 6.07) is 8.62. The van der Waals surface area contributed by atoms with E-state index in [9.17, 15) is 14.4 Å². The fourth-order valence-corrected chi connectivity index (χ4v) is 4.09. The molecule has 2 aliphatic rings. The third kappa shape index (κ3) is 3.11. The molecule has 2 aliphatic heterocycles. The number of amides is 3. The highest BCUT2D eigenvalue weighted by atomic mass is 16.3. The number of hydrogen-bond acceptors (Lipinski definition) is 5. The summed E-state index contributed by atoms with van der Waals surface area (Å²) in [5.41, 5.74) is 2.53. The zero-order valence-corrected chi connectivity index (χ0v) is 16.1. The Morgan fingerprint density at radius 2 is 1.68 bits per heavy atom. The van der Waals surface area contributed by atoms with Crippen molar-refractivity contribution in [2.75, 3.05) is 31.1 Å². The molecule has 0 unspecified atom stereocenters. The smallest absolute Gasteiger partial charge is 0.289 e. The molecular formula is C21H23N3O4. The number of furan rings is 1. The number of rotatable bonds is 3. The van der Waals surface area contributed by atoms with E-state index in [4.69, 9.17) is 4.42 Å². The zero-order chi connectivity index (χ0) is 19.8. The predicted octanol–water partition coefficient (Wildman–Crippen LogP) is 1.99. The normalized spacial score (nSPS) is 20.9. The van der Waals surface area contributed by atoms with Crippen molar-refractivity contribution in [3.05, 3.63) is 53.5 Å². The van der Waals surface area contributed by atoms with Gasteiger partial charge in [0.15, 0.2) is 5.76 Å². The maximum atomic E-state index is 13.1. The van der Waals surface area contributed by atoms with Crippen LogP contribution in [-0.4, -0.2) is 59.7 Å². The van der Waals surface area contributed by atoms with E-state index < -0.39 is 6.04 Å². The van der Waals surface area contributed by atoms with E-state index in [1.165, 1.54) is 11.2 Å². The van der Waals surface area contributed by atoms with Crippen LogP contribution in [0.2, 0.25) is 0 Å². The molecule has 28 heavy (non-hydrogen) atoms. The summed E-state index contributed by atoms with van der Waals surface area (Å²) >= 11 is 0. The third-order valence-electron chi connectivity index (χ3n) is 5.56. The van der Waals surface area contributed by atoms with Gasteiger partial charge in [-0.3, -0.25) is 19.3 Å². The quantitative estimate of drug-likeness (QED) is 0.760. The van der Waals surface area contributed by atoms with Crippen molar-refractivity contribution in [3.63, 3.8) is 0 Å². The van der Waals surface area contributed by atoms with Crippen molar-refractivity contribution in [1.82, 2.24) is 9.80 Å². The second-order valence-electron chi connectivity index (χ2n) is 7.33. The summed E-state index contributed by atoms with van der Waals surface area (Å²) in [5.74, 6) is -0.160. The van der Waals surface area contributed by atoms with E-state index in [0.29, 0.717) is 37.6 Å². The molecule has 0 radical (unpaired) electrons. The molecule has 0 N–H and O–H groups in total. The number of carbonyl (C=O) groups is 3. The van der Waals surface area contributed by atoms with Gasteiger partial charge in [0, 0.05) is 26.2 Å². The zero-order valence-electron chi connectivity index (χ0n) is 16.1. The molecular weight excluding hydrogens is 358 g/mol. The first-order valence-corrected chi connectivity index (χ1v) is 9.47. The number of benzene rings is 1. The summed E-state index contributed by atoms with van der Waals surface area (Å²) in [4.78, 5) is 43.2. The number of hydrogen-bond donors (Lipinski definition) is 0. The highest BCUT2D eigenvalue weighted by Gasteiger charge is 2.44. The van der Waals surface area contributed by atoms with Crippen molar-refractivity contribution < 1.29 is 18.8 Å². The van der Waals surface area contributed by atoms with Gasteiger partial charge in [-0.1, -0.05) is 18.2 Å². The molecule has 3 heterocycles. The standard InChI is InChI=1S/C21H23N3O4/c1-14-5-3-6-15(2)19(14)24-18(25)13-16(20(24)26)22-8-10-23(11-9-22)21(27)17-7-4-12-28-17/h3-7,12,16H,8-11,13H2,1-2H3/t16-/m0/s1. The van der Waals surface area contributed by atoms with Crippen LogP contribution < -0.4 is 4.90 Å². The fraction of sp³-hybridized carbons (Fsp3) is 0.381. The van der Waals surface area contributed by atoms with E-state index >= 15 is 0 Å². The maximum Gasteiger partial charge on any atom is 0.289 e. The first kappa shape index (κ1) is 18.4. The second kappa shape index (κ2) is 7.24. The van der Waals surface area contributed by atoms with Gasteiger partial charge in [0.1, 0.15) is 0 Å². The van der Waals surface area contributed by atoms with Crippen molar-refractivity contribution in [2.24, 2.45) is 0 Å². The van der Waals surface area contributed by atoms with Crippen LogP contribution in [0.25, 0.3) is 0 Å². The molecule has 146 valence electrons. The van der Waals surface area contributed by atoms with Crippen LogP contribution >= 0.6 is 0 Å². The molecule has 3 amide bonds. The second-order valence-corrected chi connectivity index (χ2v) is 7.33. The molecule has 7 nitrogen and oxygen atoms in total. The van der Waals surface area contributed by atoms with Gasteiger partial charge < -0.3 is 9.32 Å². The van der Waals surface area contributed by atoms with Crippen LogP contribution in [0.1, 0.15) is 28.1 Å². The topological polar surface area (TPSA) is 74.1 Å². The molecule has 2 fully saturated rings. The number of carbonyl (C=O) groups excluding carboxylic acids is 3. The summed E-state index contributed by atoms with van der Waals surface area (Å²) < 4.78 is 5.18. The minimum atomic E-state index is -0.465. The van der Waals surface area contributed by atoms with E-state index in [1.54, 1.807) is 17.0 Å². The molecule has 7 heteroatoms. The minimum Gasteiger partial charge on any atom is -0.459 e. The summed E-state index contributed by atoms with van der Waals surface area (Å²) in [7, 11) is 0. The van der Waals surface area contributed by atoms with E-state index in [2.05, 4.69) is 0 Å². The molecule has 4 rings (SSSR count). The molecule has 2 saturated heterocycles. The number of nitrogens with zero attached hydrogens (tertiary/aromatic N) is 3. The summed E-state index contributed by atoms with van der Waals surface area (Å²) in [5, 5.41) is 0. The van der Waals surface area contributed by atoms with E-state index in [0.717, 1.165) is 11.1 Å². The number of anilines is 1. The third-order valence-corrected chi connectivity index (χ3v) is 5.56. The van der Waals surface area contributed by atoms with Gasteiger partial charge in [-0.05, 0) is 37.1 Å². The number of para-hydroxylation sites is 1. The number of imide groups is 1. The minimum absolute atomic E-state index is 0.143. The van der Waals surface area contributed by atoms with Crippen molar-refractivity contribution >= 4 is 23.4 Å². The van der Waals surface area contributed by atoms with Crippen LogP contribution in [-0.2, 0) is 9.59 Å². The lowest BCUT2D eigenvalue weighted by Gasteiger charge is -2.36. The van der Waals surface area contributed by atoms with E-state index in [1.807, 2.05) is 36.9 Å². The largest absolute Gasteiger partial charge is 0.459 e. The first-order valence-electron chi connectivity index (χ1n) is 9.47. The van der Waals surface area contributed by atoms with Gasteiger partial charge in [-0.15, -0.1) is 0 Å². The monoisotopic (exact) mass is 381 g/mol. The van der Waals surface area contributed by atoms with Gasteiger partial charge in [0.25, 0.3) is 11.8 Å². The Morgan fingerprint density at radius 3 is 2.29 bits per heavy atom. The Morgan fingerprint density at radius 1 is 1.00 bits per heavy atom. The van der Waals surface area contributed by atoms with Gasteiger partial charge in [0.2, 0.25) is 5.91 Å². The van der Waals surface area contributed by atoms with Crippen molar-refractivity contribution in [1.29, 1.82) is 0 Å². The van der Waals surface area contributed by atoms with Crippen molar-refractivity contribution in [3.8, 4) is 0 Å². The lowest BCUT2D eigenvalue weighted by molar-refractivity contribution is -0.123. The molecule has 0 saturated carbocycles. The first-order chi connectivity index (χ1) is 13.5. The summed E-state index contributed by atoms with van der Waals surface area (Å²) in [6.45, 7) is 5.93. The summed E-state index contributed by atoms with van der Waals surface area (Å²) in [6.07, 6.45) is 1.66. The molecule has 1 aromatic carbocycles. The van der Waals surface area contributed by atoms with Gasteiger partial charge in [-0.25, -0.2) is 4.90 Å². The highest BCUT2D eigenvalue weighted by molar-refractivity contribution is 6.23. The Balaban J connectivity index is 1.46. The Kier molecular flexibility index (Phi) is 4.77. The van der Waals surface area contributed by atoms with Crippen LogP contribution in [0, 0.1) is 13.8 Å². The Hall–Kier alpha value is -2.93. The predicted molar refractivity (Wildman–Crippen MR) is 103 cm³/mol. The van der Waals surface area contributed by atoms with Gasteiger partial charge >= 0.3 is 0 Å². The molecule has 0 bridgehead atoms. The highest BCUT2D eigenvalue weighted by Crippen LogP contribution is 2.31. The molecule has 0 spiro atoms. The van der Waals surface area contributed by atoms with Crippen LogP contribution in [0.4, 0.5) is 5.69 Å². The average Bonchev–Trinajstić information content (AvgIpc) is 3.31. The van der Waals surface area contributed by atoms with Crippen molar-refractivity contribution in [2.45, 2.75) is 26.3 Å². The fourth-order valence-electron chi connectivity index (χ4n) is 4.09. The lowest BCUT2D eigenvalue weighted by Crippen LogP contribution is -2.53. The van der Waals surface area contributed by atoms with Crippen LogP contribution in [0.15, 0.2) is 41.0 Å². The van der Waals surface area contributed by atoms with Gasteiger partial charge in [-0.2, -0.15) is 0 Å². The average molecular weight is 381 g/mol. The van der Waals surface area contributed by atoms with E-state index in [-0.39, 0.29) is 24.1 Å². The van der Waals surface area contributed by atoms with Crippen LogP contribution in [0.3, 0.4) is 0 Å². The van der Waals surface area contributed by atoms with Gasteiger partial charge in [0.05, 0.1) is 24.4 Å². The number of aryl methyl sites for hydroxylation is 2. The molecule has 2 aromatic rings. The Labute approximate surface area is 163 Å². The van der Waals surface area contributed by atoms with Crippen LogP contribution in [0.5, 0.6) is 0 Å².